The van der Waals surface area contributed by atoms with E-state index in [4.69, 9.17) is 4.74 Å². The number of nitrogens with zero attached hydrogens (tertiary/aromatic N) is 3. The Hall–Kier alpha value is -2.18. The molecule has 0 saturated carbocycles. The fraction of sp³-hybridized carbons (Fsp3) is 0.667. The van der Waals surface area contributed by atoms with Crippen molar-refractivity contribution in [1.82, 2.24) is 20.1 Å². The van der Waals surface area contributed by atoms with E-state index in [0.29, 0.717) is 0 Å². The zero-order valence-electron chi connectivity index (χ0n) is 16.4. The average molecular weight is 351 g/mol. The van der Waals surface area contributed by atoms with E-state index in [1.54, 1.807) is 19.0 Å². The minimum atomic E-state index is -0.477. The molecule has 0 bridgehead atoms. The van der Waals surface area contributed by atoms with Crippen LogP contribution in [0.2, 0.25) is 0 Å². The Kier molecular flexibility index (Phi) is 8.31. The van der Waals surface area contributed by atoms with Crippen LogP contribution in [0.1, 0.15) is 34.1 Å². The molecule has 25 heavy (non-hydrogen) atoms. The van der Waals surface area contributed by atoms with E-state index < -0.39 is 5.60 Å². The third-order valence-electron chi connectivity index (χ3n) is 3.75. The second-order valence-corrected chi connectivity index (χ2v) is 7.08. The van der Waals surface area contributed by atoms with Crippen LogP contribution in [0.5, 0.6) is 0 Å². The fourth-order valence-electron chi connectivity index (χ4n) is 2.15. The first-order valence-electron chi connectivity index (χ1n) is 8.74. The zero-order chi connectivity index (χ0) is 18.9. The van der Waals surface area contributed by atoms with E-state index in [9.17, 15) is 4.79 Å². The Morgan fingerprint density at radius 1 is 1.24 bits per heavy atom. The first kappa shape index (κ1) is 20.9. The van der Waals surface area contributed by atoms with Crippen molar-refractivity contribution >= 4 is 12.1 Å². The molecule has 1 heterocycles. The Labute approximate surface area is 151 Å². The van der Waals surface area contributed by atoms with E-state index in [0.717, 1.165) is 32.0 Å². The van der Waals surface area contributed by atoms with Crippen LogP contribution >= 0.6 is 0 Å². The minimum Gasteiger partial charge on any atom is -0.444 e. The number of aromatic nitrogens is 1. The standard InChI is InChI=1S/C18H33N5O2/c1-15(22(6)17(24)25-18(2,3)4)9-10-20-16(19-5)21-11-14-23-12-7-8-13-23/h7-8,12-13,15H,9-11,14H2,1-6H3,(H2,19,20,21). The van der Waals surface area contributed by atoms with Crippen LogP contribution in [0, 0.1) is 0 Å². The Morgan fingerprint density at radius 3 is 2.40 bits per heavy atom. The molecule has 1 unspecified atom stereocenters. The summed E-state index contributed by atoms with van der Waals surface area (Å²) in [5, 5.41) is 6.55. The lowest BCUT2D eigenvalue weighted by Gasteiger charge is -2.28. The van der Waals surface area contributed by atoms with Gasteiger partial charge >= 0.3 is 6.09 Å². The Balaban J connectivity index is 2.27. The van der Waals surface area contributed by atoms with Gasteiger partial charge in [0.2, 0.25) is 0 Å². The summed E-state index contributed by atoms with van der Waals surface area (Å²) in [5.74, 6) is 0.763. The van der Waals surface area contributed by atoms with E-state index in [1.165, 1.54) is 0 Å². The average Bonchev–Trinajstić information content (AvgIpc) is 3.04. The number of aliphatic imine (C=N–C) groups is 1. The van der Waals surface area contributed by atoms with Crippen molar-refractivity contribution in [2.75, 3.05) is 27.2 Å². The van der Waals surface area contributed by atoms with Crippen LogP contribution in [0.15, 0.2) is 29.5 Å². The summed E-state index contributed by atoms with van der Waals surface area (Å²) in [5.41, 5.74) is -0.477. The number of guanidine groups is 1. The van der Waals surface area contributed by atoms with Gasteiger partial charge in [0.25, 0.3) is 0 Å². The number of carbonyl (C=O) groups is 1. The maximum atomic E-state index is 12.1. The Morgan fingerprint density at radius 2 is 1.84 bits per heavy atom. The first-order chi connectivity index (χ1) is 11.7. The molecule has 1 amide bonds. The molecule has 0 aliphatic heterocycles. The summed E-state index contributed by atoms with van der Waals surface area (Å²) in [6.07, 6.45) is 4.57. The van der Waals surface area contributed by atoms with Crippen LogP contribution in [-0.2, 0) is 11.3 Å². The molecule has 0 aliphatic rings. The summed E-state index contributed by atoms with van der Waals surface area (Å²) in [4.78, 5) is 17.9. The van der Waals surface area contributed by atoms with Gasteiger partial charge in [-0.3, -0.25) is 4.99 Å². The van der Waals surface area contributed by atoms with Crippen LogP contribution in [0.3, 0.4) is 0 Å². The summed E-state index contributed by atoms with van der Waals surface area (Å²) in [6.45, 7) is 10.0. The number of rotatable bonds is 7. The lowest BCUT2D eigenvalue weighted by Crippen LogP contribution is -2.43. The van der Waals surface area contributed by atoms with Gasteiger partial charge in [0.05, 0.1) is 0 Å². The number of ether oxygens (including phenoxy) is 1. The number of hydrogen-bond donors (Lipinski definition) is 2. The van der Waals surface area contributed by atoms with Gasteiger partial charge in [-0.1, -0.05) is 0 Å². The number of carbonyl (C=O) groups excluding carboxylic acids is 1. The Bertz CT molecular complexity index is 534. The van der Waals surface area contributed by atoms with Crippen molar-refractivity contribution in [3.8, 4) is 0 Å². The molecule has 1 aromatic rings. The van der Waals surface area contributed by atoms with E-state index in [2.05, 4.69) is 20.2 Å². The van der Waals surface area contributed by atoms with Gasteiger partial charge in [0, 0.05) is 52.2 Å². The predicted octanol–water partition coefficient (Wildman–Crippen LogP) is 2.30. The topological polar surface area (TPSA) is 70.9 Å². The van der Waals surface area contributed by atoms with Crippen molar-refractivity contribution in [3.63, 3.8) is 0 Å². The van der Waals surface area contributed by atoms with Crippen molar-refractivity contribution < 1.29 is 9.53 Å². The molecule has 0 aliphatic carbocycles. The van der Waals surface area contributed by atoms with E-state index in [-0.39, 0.29) is 12.1 Å². The monoisotopic (exact) mass is 351 g/mol. The normalized spacial score (nSPS) is 13.3. The molecule has 7 nitrogen and oxygen atoms in total. The molecule has 7 heteroatoms. The molecule has 0 fully saturated rings. The largest absolute Gasteiger partial charge is 0.444 e. The van der Waals surface area contributed by atoms with Gasteiger partial charge in [-0.25, -0.2) is 4.79 Å². The number of nitrogens with one attached hydrogen (secondary N) is 2. The molecular weight excluding hydrogens is 318 g/mol. The van der Waals surface area contributed by atoms with Crippen molar-refractivity contribution in [3.05, 3.63) is 24.5 Å². The van der Waals surface area contributed by atoms with Gasteiger partial charge in [-0.15, -0.1) is 0 Å². The molecule has 0 spiro atoms. The van der Waals surface area contributed by atoms with Gasteiger partial charge in [-0.2, -0.15) is 0 Å². The maximum Gasteiger partial charge on any atom is 0.410 e. The highest BCUT2D eigenvalue weighted by molar-refractivity contribution is 5.79. The molecule has 2 N–H and O–H groups in total. The first-order valence-corrected chi connectivity index (χ1v) is 8.74. The number of hydrogen-bond acceptors (Lipinski definition) is 3. The summed E-state index contributed by atoms with van der Waals surface area (Å²) in [6, 6.07) is 4.09. The fourth-order valence-corrected chi connectivity index (χ4v) is 2.15. The van der Waals surface area contributed by atoms with Crippen molar-refractivity contribution in [1.29, 1.82) is 0 Å². The van der Waals surface area contributed by atoms with Gasteiger partial charge < -0.3 is 24.8 Å². The van der Waals surface area contributed by atoms with Crippen LogP contribution < -0.4 is 10.6 Å². The van der Waals surface area contributed by atoms with Gasteiger partial charge in [0.1, 0.15) is 5.60 Å². The lowest BCUT2D eigenvalue weighted by molar-refractivity contribution is 0.0230. The SMILES string of the molecule is CN=C(NCCC(C)N(C)C(=O)OC(C)(C)C)NCCn1cccc1. The molecule has 1 aromatic heterocycles. The lowest BCUT2D eigenvalue weighted by atomic mass is 10.2. The summed E-state index contributed by atoms with van der Waals surface area (Å²) < 4.78 is 7.50. The quantitative estimate of drug-likeness (QED) is 0.584. The van der Waals surface area contributed by atoms with Crippen molar-refractivity contribution in [2.24, 2.45) is 4.99 Å². The van der Waals surface area contributed by atoms with E-state index >= 15 is 0 Å². The van der Waals surface area contributed by atoms with Crippen LogP contribution in [0.25, 0.3) is 0 Å². The predicted molar refractivity (Wildman–Crippen MR) is 102 cm³/mol. The molecule has 0 aromatic carbocycles. The summed E-state index contributed by atoms with van der Waals surface area (Å²) in [7, 11) is 3.52. The molecule has 1 rings (SSSR count). The highest BCUT2D eigenvalue weighted by Crippen LogP contribution is 2.11. The zero-order valence-corrected chi connectivity index (χ0v) is 16.4. The highest BCUT2D eigenvalue weighted by Gasteiger charge is 2.22. The third kappa shape index (κ3) is 8.47. The smallest absolute Gasteiger partial charge is 0.410 e. The molecule has 142 valence electrons. The minimum absolute atomic E-state index is 0.0698. The van der Waals surface area contributed by atoms with Crippen LogP contribution in [0.4, 0.5) is 4.79 Å². The maximum absolute atomic E-state index is 12.1. The molecule has 0 radical (unpaired) electrons. The summed E-state index contributed by atoms with van der Waals surface area (Å²) >= 11 is 0. The molecule has 0 saturated heterocycles. The van der Waals surface area contributed by atoms with Crippen molar-refractivity contribution in [2.45, 2.75) is 52.3 Å². The van der Waals surface area contributed by atoms with Gasteiger partial charge in [0.15, 0.2) is 5.96 Å². The second-order valence-electron chi connectivity index (χ2n) is 7.08. The number of amides is 1. The molecule has 1 atom stereocenters. The third-order valence-corrected chi connectivity index (χ3v) is 3.75. The molecular formula is C18H33N5O2. The van der Waals surface area contributed by atoms with Gasteiger partial charge in [-0.05, 0) is 46.2 Å². The van der Waals surface area contributed by atoms with E-state index in [1.807, 2.05) is 52.2 Å². The highest BCUT2D eigenvalue weighted by atomic mass is 16.6. The van der Waals surface area contributed by atoms with Crippen LogP contribution in [-0.4, -0.2) is 60.3 Å². The second kappa shape index (κ2) is 9.96.